The van der Waals surface area contributed by atoms with Gasteiger partial charge in [-0.2, -0.15) is 0 Å². The summed E-state index contributed by atoms with van der Waals surface area (Å²) in [6, 6.07) is 24.1. The fourth-order valence-electron chi connectivity index (χ4n) is 4.36. The van der Waals surface area contributed by atoms with Gasteiger partial charge in [0.15, 0.2) is 17.3 Å². The first-order valence-corrected chi connectivity index (χ1v) is 11.7. The van der Waals surface area contributed by atoms with Crippen molar-refractivity contribution in [2.45, 2.75) is 19.3 Å². The smallest absolute Gasteiger partial charge is 0.257 e. The van der Waals surface area contributed by atoms with E-state index >= 15 is 0 Å². The molecule has 4 aromatic rings. The number of methoxy groups -OCH3 is 3. The number of nitrogens with one attached hydrogen (secondary N) is 1. The standard InChI is InChI=1S/C29H30N2O5/c1-19-26(27(36-31-19)22-17-24(33-2)28(35-4)25(18-22)34-3)29(32)30-16-15-23(20-11-7-5-8-12-20)21-13-9-6-10-14-21/h5-14,17-18,23H,15-16H2,1-4H3,(H,30,32). The molecule has 186 valence electrons. The lowest BCUT2D eigenvalue weighted by Gasteiger charge is -2.18. The van der Waals surface area contributed by atoms with Crippen LogP contribution in [0.15, 0.2) is 77.3 Å². The molecule has 0 spiro atoms. The van der Waals surface area contributed by atoms with Crippen LogP contribution in [-0.2, 0) is 0 Å². The van der Waals surface area contributed by atoms with Gasteiger partial charge in [0.25, 0.3) is 5.91 Å². The lowest BCUT2D eigenvalue weighted by Crippen LogP contribution is -2.26. The summed E-state index contributed by atoms with van der Waals surface area (Å²) in [4.78, 5) is 13.3. The largest absolute Gasteiger partial charge is 0.493 e. The van der Waals surface area contributed by atoms with Gasteiger partial charge >= 0.3 is 0 Å². The Kier molecular flexibility index (Phi) is 7.90. The molecule has 3 aromatic carbocycles. The molecule has 0 atom stereocenters. The van der Waals surface area contributed by atoms with Crippen LogP contribution in [0.2, 0.25) is 0 Å². The summed E-state index contributed by atoms with van der Waals surface area (Å²) in [6.45, 7) is 2.23. The molecule has 7 nitrogen and oxygen atoms in total. The summed E-state index contributed by atoms with van der Waals surface area (Å²) in [5.41, 5.74) is 3.88. The topological polar surface area (TPSA) is 82.8 Å². The summed E-state index contributed by atoms with van der Waals surface area (Å²) < 4.78 is 21.9. The monoisotopic (exact) mass is 486 g/mol. The molecule has 1 amide bonds. The fraction of sp³-hybridized carbons (Fsp3) is 0.241. The van der Waals surface area contributed by atoms with E-state index in [0.29, 0.717) is 46.4 Å². The number of amides is 1. The van der Waals surface area contributed by atoms with Crippen molar-refractivity contribution in [3.8, 4) is 28.6 Å². The molecule has 1 heterocycles. The minimum Gasteiger partial charge on any atom is -0.493 e. The van der Waals surface area contributed by atoms with Gasteiger partial charge < -0.3 is 24.1 Å². The van der Waals surface area contributed by atoms with Crippen molar-refractivity contribution in [3.05, 3.63) is 95.2 Å². The van der Waals surface area contributed by atoms with Crippen LogP contribution in [0.4, 0.5) is 0 Å². The third-order valence-corrected chi connectivity index (χ3v) is 6.14. The van der Waals surface area contributed by atoms with Gasteiger partial charge in [0.05, 0.1) is 27.0 Å². The zero-order valence-corrected chi connectivity index (χ0v) is 20.9. The van der Waals surface area contributed by atoms with Gasteiger partial charge in [-0.05, 0) is 36.6 Å². The van der Waals surface area contributed by atoms with Crippen LogP contribution in [0.25, 0.3) is 11.3 Å². The maximum absolute atomic E-state index is 13.3. The lowest BCUT2D eigenvalue weighted by molar-refractivity contribution is 0.0952. The summed E-state index contributed by atoms with van der Waals surface area (Å²) in [7, 11) is 4.61. The molecule has 0 fully saturated rings. The Morgan fingerprint density at radius 3 is 1.94 bits per heavy atom. The number of carbonyl (C=O) groups is 1. The molecular weight excluding hydrogens is 456 g/mol. The van der Waals surface area contributed by atoms with Gasteiger partial charge in [0.1, 0.15) is 5.56 Å². The van der Waals surface area contributed by atoms with Gasteiger partial charge in [-0.25, -0.2) is 0 Å². The average molecular weight is 487 g/mol. The predicted molar refractivity (Wildman–Crippen MR) is 138 cm³/mol. The third kappa shape index (κ3) is 5.20. The quantitative estimate of drug-likeness (QED) is 0.313. The van der Waals surface area contributed by atoms with Crippen molar-refractivity contribution in [2.24, 2.45) is 0 Å². The van der Waals surface area contributed by atoms with Gasteiger partial charge in [-0.1, -0.05) is 65.8 Å². The SMILES string of the molecule is COc1cc(-c2onc(C)c2C(=O)NCCC(c2ccccc2)c2ccccc2)cc(OC)c1OC. The van der Waals surface area contributed by atoms with E-state index in [-0.39, 0.29) is 11.8 Å². The second kappa shape index (κ2) is 11.4. The minimum absolute atomic E-state index is 0.158. The van der Waals surface area contributed by atoms with E-state index in [0.717, 1.165) is 6.42 Å². The van der Waals surface area contributed by atoms with Crippen molar-refractivity contribution in [1.29, 1.82) is 0 Å². The molecule has 1 aromatic heterocycles. The highest BCUT2D eigenvalue weighted by atomic mass is 16.5. The number of ether oxygens (including phenoxy) is 3. The average Bonchev–Trinajstić information content (AvgIpc) is 3.32. The van der Waals surface area contributed by atoms with E-state index in [2.05, 4.69) is 34.7 Å². The highest BCUT2D eigenvalue weighted by Crippen LogP contribution is 2.42. The van der Waals surface area contributed by atoms with Crippen LogP contribution in [0.5, 0.6) is 17.2 Å². The van der Waals surface area contributed by atoms with Gasteiger partial charge in [0, 0.05) is 18.0 Å². The maximum Gasteiger partial charge on any atom is 0.257 e. The lowest BCUT2D eigenvalue weighted by atomic mass is 9.88. The third-order valence-electron chi connectivity index (χ3n) is 6.14. The molecule has 1 N–H and O–H groups in total. The van der Waals surface area contributed by atoms with Crippen LogP contribution >= 0.6 is 0 Å². The van der Waals surface area contributed by atoms with Crippen LogP contribution in [0.3, 0.4) is 0 Å². The first-order chi connectivity index (χ1) is 17.6. The number of benzene rings is 3. The number of hydrogen-bond acceptors (Lipinski definition) is 6. The molecule has 0 bridgehead atoms. The highest BCUT2D eigenvalue weighted by Gasteiger charge is 2.25. The Bertz CT molecular complexity index is 1240. The number of nitrogens with zero attached hydrogens (tertiary/aromatic N) is 1. The summed E-state index contributed by atoms with van der Waals surface area (Å²) in [5.74, 6) is 1.62. The zero-order valence-electron chi connectivity index (χ0n) is 20.9. The molecule has 7 heteroatoms. The summed E-state index contributed by atoms with van der Waals surface area (Å²) in [6.07, 6.45) is 0.740. The van der Waals surface area contributed by atoms with E-state index in [4.69, 9.17) is 18.7 Å². The number of aromatic nitrogens is 1. The van der Waals surface area contributed by atoms with Gasteiger partial charge in [0.2, 0.25) is 5.75 Å². The molecule has 36 heavy (non-hydrogen) atoms. The Morgan fingerprint density at radius 1 is 0.889 bits per heavy atom. The second-order valence-electron chi connectivity index (χ2n) is 8.30. The Morgan fingerprint density at radius 2 is 1.44 bits per heavy atom. The summed E-state index contributed by atoms with van der Waals surface area (Å²) >= 11 is 0. The highest BCUT2D eigenvalue weighted by molar-refractivity contribution is 6.00. The molecule has 0 radical (unpaired) electrons. The van der Waals surface area contributed by atoms with Crippen LogP contribution in [0, 0.1) is 6.92 Å². The summed E-state index contributed by atoms with van der Waals surface area (Å²) in [5, 5.41) is 7.12. The van der Waals surface area contributed by atoms with Crippen LogP contribution in [0.1, 0.15) is 39.5 Å². The molecule has 0 aliphatic heterocycles. The normalized spacial score (nSPS) is 10.8. The maximum atomic E-state index is 13.3. The number of aryl methyl sites for hydroxylation is 1. The van der Waals surface area contributed by atoms with E-state index in [1.165, 1.54) is 32.5 Å². The van der Waals surface area contributed by atoms with Gasteiger partial charge in [-0.15, -0.1) is 0 Å². The number of hydrogen-bond donors (Lipinski definition) is 1. The van der Waals surface area contributed by atoms with Crippen molar-refractivity contribution in [1.82, 2.24) is 10.5 Å². The van der Waals surface area contributed by atoms with E-state index < -0.39 is 0 Å². The number of carbonyl (C=O) groups excluding carboxylic acids is 1. The molecule has 0 unspecified atom stereocenters. The van der Waals surface area contributed by atoms with E-state index in [9.17, 15) is 4.79 Å². The molecule has 0 aliphatic rings. The fourth-order valence-corrected chi connectivity index (χ4v) is 4.36. The van der Waals surface area contributed by atoms with Crippen molar-refractivity contribution >= 4 is 5.91 Å². The molecule has 0 aliphatic carbocycles. The Balaban J connectivity index is 1.56. The second-order valence-corrected chi connectivity index (χ2v) is 8.30. The van der Waals surface area contributed by atoms with Gasteiger partial charge in [-0.3, -0.25) is 4.79 Å². The van der Waals surface area contributed by atoms with E-state index in [1.54, 1.807) is 19.1 Å². The molecular formula is C29H30N2O5. The first-order valence-electron chi connectivity index (χ1n) is 11.7. The van der Waals surface area contributed by atoms with Crippen LogP contribution < -0.4 is 19.5 Å². The molecule has 0 saturated carbocycles. The van der Waals surface area contributed by atoms with Crippen molar-refractivity contribution in [2.75, 3.05) is 27.9 Å². The molecule has 4 rings (SSSR count). The predicted octanol–water partition coefficient (Wildman–Crippen LogP) is 5.63. The Labute approximate surface area is 211 Å². The van der Waals surface area contributed by atoms with Crippen molar-refractivity contribution < 1.29 is 23.5 Å². The Hall–Kier alpha value is -4.26. The first kappa shape index (κ1) is 24.9. The zero-order chi connectivity index (χ0) is 25.5. The van der Waals surface area contributed by atoms with Crippen LogP contribution in [-0.4, -0.2) is 38.9 Å². The number of rotatable bonds is 10. The van der Waals surface area contributed by atoms with E-state index in [1.807, 2.05) is 36.4 Å². The molecule has 0 saturated heterocycles. The van der Waals surface area contributed by atoms with Crippen molar-refractivity contribution in [3.63, 3.8) is 0 Å². The minimum atomic E-state index is -0.252.